The van der Waals surface area contributed by atoms with E-state index in [0.29, 0.717) is 0 Å². The molecule has 0 aromatic rings. The zero-order chi connectivity index (χ0) is 9.68. The van der Waals surface area contributed by atoms with Crippen molar-refractivity contribution in [2.24, 2.45) is 5.92 Å². The maximum absolute atomic E-state index is 11.1. The highest BCUT2D eigenvalue weighted by atomic mass is 16.5. The van der Waals surface area contributed by atoms with Gasteiger partial charge in [0.05, 0.1) is 13.0 Å². The molecular formula is C10H17NO2. The lowest BCUT2D eigenvalue weighted by Gasteiger charge is -2.16. The van der Waals surface area contributed by atoms with Crippen LogP contribution in [0.1, 0.15) is 19.8 Å². The van der Waals surface area contributed by atoms with E-state index in [1.165, 1.54) is 12.7 Å². The van der Waals surface area contributed by atoms with E-state index in [2.05, 4.69) is 16.1 Å². The molecule has 0 fully saturated rings. The van der Waals surface area contributed by atoms with Gasteiger partial charge in [0.25, 0.3) is 0 Å². The first-order chi connectivity index (χ1) is 6.24. The Kier molecular flexibility index (Phi) is 3.96. The molecule has 1 unspecified atom stereocenters. The Balaban J connectivity index is 2.38. The van der Waals surface area contributed by atoms with Gasteiger partial charge in [-0.1, -0.05) is 18.6 Å². The first-order valence-corrected chi connectivity index (χ1v) is 4.70. The quantitative estimate of drug-likeness (QED) is 0.526. The highest BCUT2D eigenvalue weighted by Crippen LogP contribution is 2.16. The van der Waals surface area contributed by atoms with Crippen LogP contribution in [0.3, 0.4) is 0 Å². The van der Waals surface area contributed by atoms with Crippen LogP contribution in [0.25, 0.3) is 0 Å². The first kappa shape index (κ1) is 10.3. The first-order valence-electron chi connectivity index (χ1n) is 4.70. The molecule has 74 valence electrons. The number of ether oxygens (including phenoxy) is 1. The number of nitrogens with one attached hydrogen (secondary N) is 1. The van der Waals surface area contributed by atoms with E-state index in [0.717, 1.165) is 25.9 Å². The van der Waals surface area contributed by atoms with Gasteiger partial charge < -0.3 is 10.1 Å². The van der Waals surface area contributed by atoms with Crippen LogP contribution in [0.2, 0.25) is 0 Å². The molecule has 1 rings (SSSR count). The minimum absolute atomic E-state index is 0.00523. The molecule has 3 heteroatoms. The van der Waals surface area contributed by atoms with Crippen molar-refractivity contribution < 1.29 is 9.53 Å². The van der Waals surface area contributed by atoms with Crippen molar-refractivity contribution in [1.29, 1.82) is 0 Å². The molecule has 0 saturated heterocycles. The van der Waals surface area contributed by atoms with Gasteiger partial charge in [0, 0.05) is 6.54 Å². The van der Waals surface area contributed by atoms with Gasteiger partial charge >= 0.3 is 5.97 Å². The third kappa shape index (κ3) is 3.19. The zero-order valence-electron chi connectivity index (χ0n) is 8.30. The smallest absolute Gasteiger partial charge is 0.308 e. The zero-order valence-corrected chi connectivity index (χ0v) is 8.30. The predicted molar refractivity (Wildman–Crippen MR) is 51.4 cm³/mol. The second kappa shape index (κ2) is 5.02. The third-order valence-electron chi connectivity index (χ3n) is 2.33. The van der Waals surface area contributed by atoms with Crippen molar-refractivity contribution >= 4 is 5.97 Å². The molecule has 1 aliphatic rings. The normalized spacial score (nSPS) is 19.1. The number of esters is 1. The number of methoxy groups -OCH3 is 1. The van der Waals surface area contributed by atoms with Crippen molar-refractivity contribution in [3.8, 4) is 0 Å². The Morgan fingerprint density at radius 1 is 1.77 bits per heavy atom. The van der Waals surface area contributed by atoms with Crippen LogP contribution < -0.4 is 5.32 Å². The summed E-state index contributed by atoms with van der Waals surface area (Å²) in [6.07, 6.45) is 4.07. The van der Waals surface area contributed by atoms with E-state index >= 15 is 0 Å². The Hall–Kier alpha value is -0.830. The Labute approximate surface area is 79.2 Å². The molecule has 13 heavy (non-hydrogen) atoms. The average Bonchev–Trinajstić information content (AvgIpc) is 2.18. The van der Waals surface area contributed by atoms with Gasteiger partial charge in [-0.3, -0.25) is 4.79 Å². The largest absolute Gasteiger partial charge is 0.469 e. The molecule has 0 radical (unpaired) electrons. The van der Waals surface area contributed by atoms with Gasteiger partial charge in [-0.05, 0) is 19.4 Å². The summed E-state index contributed by atoms with van der Waals surface area (Å²) in [5.41, 5.74) is 1.37. The van der Waals surface area contributed by atoms with E-state index in [9.17, 15) is 4.79 Å². The second-order valence-corrected chi connectivity index (χ2v) is 3.44. The Morgan fingerprint density at radius 2 is 2.54 bits per heavy atom. The Bertz CT molecular complexity index is 211. The van der Waals surface area contributed by atoms with Crippen molar-refractivity contribution in [2.75, 3.05) is 20.2 Å². The van der Waals surface area contributed by atoms with Crippen LogP contribution in [0.4, 0.5) is 0 Å². The average molecular weight is 183 g/mol. The predicted octanol–water partition coefficient (Wildman–Crippen LogP) is 1.11. The number of carbonyl (C=O) groups is 1. The van der Waals surface area contributed by atoms with Gasteiger partial charge in [-0.15, -0.1) is 0 Å². The van der Waals surface area contributed by atoms with E-state index in [1.54, 1.807) is 0 Å². The fourth-order valence-electron chi connectivity index (χ4n) is 1.53. The van der Waals surface area contributed by atoms with Crippen molar-refractivity contribution in [3.05, 3.63) is 11.6 Å². The lowest BCUT2D eigenvalue weighted by molar-refractivity contribution is -0.144. The molecule has 0 saturated carbocycles. The molecule has 0 aromatic heterocycles. The Morgan fingerprint density at radius 3 is 3.08 bits per heavy atom. The summed E-state index contributed by atoms with van der Waals surface area (Å²) in [6.45, 7) is 3.87. The molecule has 0 spiro atoms. The van der Waals surface area contributed by atoms with Crippen LogP contribution in [0.5, 0.6) is 0 Å². The van der Waals surface area contributed by atoms with Gasteiger partial charge in [-0.2, -0.15) is 0 Å². The summed E-state index contributed by atoms with van der Waals surface area (Å²) >= 11 is 0. The molecule has 1 heterocycles. The van der Waals surface area contributed by atoms with E-state index in [1.807, 2.05) is 6.92 Å². The van der Waals surface area contributed by atoms with E-state index in [4.69, 9.17) is 0 Å². The number of carbonyl (C=O) groups excluding carboxylic acids is 1. The van der Waals surface area contributed by atoms with Crippen LogP contribution >= 0.6 is 0 Å². The van der Waals surface area contributed by atoms with Gasteiger partial charge in [0.1, 0.15) is 0 Å². The highest BCUT2D eigenvalue weighted by Gasteiger charge is 2.15. The summed E-state index contributed by atoms with van der Waals surface area (Å²) in [4.78, 5) is 11.1. The van der Waals surface area contributed by atoms with Gasteiger partial charge in [-0.25, -0.2) is 0 Å². The van der Waals surface area contributed by atoms with E-state index in [-0.39, 0.29) is 11.9 Å². The summed E-state index contributed by atoms with van der Waals surface area (Å²) in [5, 5.41) is 3.24. The van der Waals surface area contributed by atoms with Crippen LogP contribution in [-0.4, -0.2) is 26.2 Å². The molecule has 0 aromatic carbocycles. The molecule has 0 bridgehead atoms. The second-order valence-electron chi connectivity index (χ2n) is 3.44. The maximum Gasteiger partial charge on any atom is 0.308 e. The van der Waals surface area contributed by atoms with E-state index < -0.39 is 0 Å². The fourth-order valence-corrected chi connectivity index (χ4v) is 1.53. The van der Waals surface area contributed by atoms with Crippen LogP contribution in [0, 0.1) is 5.92 Å². The topological polar surface area (TPSA) is 38.3 Å². The minimum Gasteiger partial charge on any atom is -0.469 e. The molecule has 0 aliphatic carbocycles. The lowest BCUT2D eigenvalue weighted by atomic mass is 9.97. The van der Waals surface area contributed by atoms with Crippen LogP contribution in [0.15, 0.2) is 11.6 Å². The SMILES string of the molecule is COC(=O)C(C)CC1=CCNCC1. The minimum atomic E-state index is -0.112. The lowest BCUT2D eigenvalue weighted by Crippen LogP contribution is -2.22. The third-order valence-corrected chi connectivity index (χ3v) is 2.33. The highest BCUT2D eigenvalue weighted by molar-refractivity contribution is 5.72. The molecular weight excluding hydrogens is 166 g/mol. The molecule has 1 aliphatic heterocycles. The van der Waals surface area contributed by atoms with Crippen molar-refractivity contribution in [2.45, 2.75) is 19.8 Å². The molecule has 0 amide bonds. The molecule has 1 N–H and O–H groups in total. The van der Waals surface area contributed by atoms with Gasteiger partial charge in [0.15, 0.2) is 0 Å². The number of hydrogen-bond donors (Lipinski definition) is 1. The standard InChI is InChI=1S/C10H17NO2/c1-8(10(12)13-2)7-9-3-5-11-6-4-9/h3,8,11H,4-7H2,1-2H3. The number of rotatable bonds is 3. The summed E-state index contributed by atoms with van der Waals surface area (Å²) in [7, 11) is 1.44. The maximum atomic E-state index is 11.1. The molecule has 3 nitrogen and oxygen atoms in total. The van der Waals surface area contributed by atoms with Crippen LogP contribution in [-0.2, 0) is 9.53 Å². The summed E-state index contributed by atoms with van der Waals surface area (Å²) in [5.74, 6) is -0.117. The van der Waals surface area contributed by atoms with Crippen molar-refractivity contribution in [1.82, 2.24) is 5.32 Å². The van der Waals surface area contributed by atoms with Gasteiger partial charge in [0.2, 0.25) is 0 Å². The summed E-state index contributed by atoms with van der Waals surface area (Å²) < 4.78 is 4.67. The summed E-state index contributed by atoms with van der Waals surface area (Å²) in [6, 6.07) is 0. The molecule has 1 atom stereocenters. The number of hydrogen-bond acceptors (Lipinski definition) is 3. The fraction of sp³-hybridized carbons (Fsp3) is 0.700. The monoisotopic (exact) mass is 183 g/mol. The van der Waals surface area contributed by atoms with Crippen molar-refractivity contribution in [3.63, 3.8) is 0 Å².